The van der Waals surface area contributed by atoms with Gasteiger partial charge >= 0.3 is 0 Å². The van der Waals surface area contributed by atoms with Crippen molar-refractivity contribution in [1.82, 2.24) is 0 Å². The molecule has 3 N–H and O–H groups in total. The van der Waals surface area contributed by atoms with Gasteiger partial charge in [0.2, 0.25) is 11.8 Å². The van der Waals surface area contributed by atoms with Crippen molar-refractivity contribution in [2.45, 2.75) is 6.92 Å². The van der Waals surface area contributed by atoms with Crippen LogP contribution in [0.15, 0.2) is 42.5 Å². The Hall–Kier alpha value is -3.53. The van der Waals surface area contributed by atoms with Gasteiger partial charge in [-0.3, -0.25) is 9.59 Å². The molecule has 7 nitrogen and oxygen atoms in total. The lowest BCUT2D eigenvalue weighted by molar-refractivity contribution is -0.115. The number of nitriles is 1. The smallest absolute Gasteiger partial charge is 0.243 e. The highest BCUT2D eigenvalue weighted by molar-refractivity contribution is 5.94. The van der Waals surface area contributed by atoms with E-state index in [9.17, 15) is 9.59 Å². The number of ether oxygens (including phenoxy) is 1. The third kappa shape index (κ3) is 5.25. The van der Waals surface area contributed by atoms with Gasteiger partial charge in [0, 0.05) is 18.3 Å². The highest BCUT2D eigenvalue weighted by Gasteiger charge is 2.08. The molecule has 0 fully saturated rings. The van der Waals surface area contributed by atoms with Gasteiger partial charge < -0.3 is 20.7 Å². The predicted octanol–water partition coefficient (Wildman–Crippen LogP) is 2.58. The summed E-state index contributed by atoms with van der Waals surface area (Å²) in [6.07, 6.45) is 0. The van der Waals surface area contributed by atoms with Gasteiger partial charge in [-0.1, -0.05) is 6.07 Å². The Kier molecular flexibility index (Phi) is 5.96. The van der Waals surface area contributed by atoms with Gasteiger partial charge in [-0.15, -0.1) is 0 Å². The quantitative estimate of drug-likeness (QED) is 0.751. The predicted molar refractivity (Wildman–Crippen MR) is 95.6 cm³/mol. The van der Waals surface area contributed by atoms with Crippen molar-refractivity contribution >= 4 is 28.9 Å². The van der Waals surface area contributed by atoms with Crippen LogP contribution in [0.1, 0.15) is 12.5 Å². The van der Waals surface area contributed by atoms with Crippen LogP contribution >= 0.6 is 0 Å². The van der Waals surface area contributed by atoms with E-state index in [-0.39, 0.29) is 18.4 Å². The maximum atomic E-state index is 12.1. The lowest BCUT2D eigenvalue weighted by Crippen LogP contribution is -2.22. The van der Waals surface area contributed by atoms with Crippen molar-refractivity contribution in [3.63, 3.8) is 0 Å². The summed E-state index contributed by atoms with van der Waals surface area (Å²) in [6, 6.07) is 13.8. The van der Waals surface area contributed by atoms with Crippen molar-refractivity contribution in [2.75, 3.05) is 29.6 Å². The fourth-order valence-corrected chi connectivity index (χ4v) is 2.17. The second kappa shape index (κ2) is 8.36. The van der Waals surface area contributed by atoms with E-state index in [1.807, 2.05) is 6.07 Å². The van der Waals surface area contributed by atoms with E-state index in [1.165, 1.54) is 14.0 Å². The fourth-order valence-electron chi connectivity index (χ4n) is 2.17. The Balaban J connectivity index is 2.02. The Bertz CT molecular complexity index is 827. The van der Waals surface area contributed by atoms with E-state index in [0.717, 1.165) is 0 Å². The summed E-state index contributed by atoms with van der Waals surface area (Å²) in [5.74, 6) is 0.0849. The SMILES string of the molecule is COc1ccc(NC(C)=O)cc1NCC(=O)Nc1cccc(C#N)c1. The molecule has 0 aliphatic heterocycles. The standard InChI is InChI=1S/C18H18N4O3/c1-12(23)21-15-6-7-17(25-2)16(9-15)20-11-18(24)22-14-5-3-4-13(8-14)10-19/h3-9,20H,11H2,1-2H3,(H,21,23)(H,22,24). The largest absolute Gasteiger partial charge is 0.495 e. The highest BCUT2D eigenvalue weighted by atomic mass is 16.5. The van der Waals surface area contributed by atoms with Crippen LogP contribution in [0.2, 0.25) is 0 Å². The zero-order valence-electron chi connectivity index (χ0n) is 13.9. The third-order valence-electron chi connectivity index (χ3n) is 3.23. The monoisotopic (exact) mass is 338 g/mol. The van der Waals surface area contributed by atoms with Crippen LogP contribution in [-0.4, -0.2) is 25.5 Å². The minimum atomic E-state index is -0.276. The van der Waals surface area contributed by atoms with Gasteiger partial charge in [0.1, 0.15) is 5.75 Å². The number of nitrogens with zero attached hydrogens (tertiary/aromatic N) is 1. The molecule has 0 saturated heterocycles. The summed E-state index contributed by atoms with van der Waals surface area (Å²) in [5.41, 5.74) is 2.19. The summed E-state index contributed by atoms with van der Waals surface area (Å²) >= 11 is 0. The van der Waals surface area contributed by atoms with Crippen molar-refractivity contribution in [3.05, 3.63) is 48.0 Å². The van der Waals surface area contributed by atoms with Crippen LogP contribution in [0.4, 0.5) is 17.1 Å². The molecule has 0 heterocycles. The number of carbonyl (C=O) groups is 2. The minimum absolute atomic E-state index is 0.00331. The second-order valence-corrected chi connectivity index (χ2v) is 5.19. The average molecular weight is 338 g/mol. The normalized spacial score (nSPS) is 9.64. The van der Waals surface area contributed by atoms with E-state index in [2.05, 4.69) is 16.0 Å². The zero-order chi connectivity index (χ0) is 18.2. The molecule has 0 aromatic heterocycles. The van der Waals surface area contributed by atoms with Crippen LogP contribution in [0.5, 0.6) is 5.75 Å². The van der Waals surface area contributed by atoms with Gasteiger partial charge in [-0.05, 0) is 36.4 Å². The average Bonchev–Trinajstić information content (AvgIpc) is 2.59. The van der Waals surface area contributed by atoms with E-state index in [4.69, 9.17) is 10.00 Å². The first kappa shape index (κ1) is 17.8. The summed E-state index contributed by atoms with van der Waals surface area (Å²) in [7, 11) is 1.52. The molecule has 2 rings (SSSR count). The number of carbonyl (C=O) groups excluding carboxylic acids is 2. The Morgan fingerprint density at radius 1 is 1.12 bits per heavy atom. The molecule has 0 unspecified atom stereocenters. The van der Waals surface area contributed by atoms with E-state index in [1.54, 1.807) is 42.5 Å². The van der Waals surface area contributed by atoms with Crippen molar-refractivity contribution < 1.29 is 14.3 Å². The third-order valence-corrected chi connectivity index (χ3v) is 3.23. The lowest BCUT2D eigenvalue weighted by atomic mass is 10.2. The molecule has 0 spiro atoms. The molecule has 2 aromatic rings. The lowest BCUT2D eigenvalue weighted by Gasteiger charge is -2.13. The molecule has 0 aliphatic carbocycles. The molecule has 2 aromatic carbocycles. The Morgan fingerprint density at radius 2 is 1.88 bits per heavy atom. The Morgan fingerprint density at radius 3 is 2.56 bits per heavy atom. The van der Waals surface area contributed by atoms with Gasteiger partial charge in [0.15, 0.2) is 0 Å². The van der Waals surface area contributed by atoms with Gasteiger partial charge in [-0.2, -0.15) is 5.26 Å². The van der Waals surface area contributed by atoms with Crippen molar-refractivity contribution in [2.24, 2.45) is 0 Å². The topological polar surface area (TPSA) is 103 Å². The number of methoxy groups -OCH3 is 1. The molecule has 2 amide bonds. The number of nitrogens with one attached hydrogen (secondary N) is 3. The maximum Gasteiger partial charge on any atom is 0.243 e. The van der Waals surface area contributed by atoms with Crippen LogP contribution in [-0.2, 0) is 9.59 Å². The summed E-state index contributed by atoms with van der Waals surface area (Å²) in [5, 5.41) is 17.2. The molecule has 0 atom stereocenters. The summed E-state index contributed by atoms with van der Waals surface area (Å²) < 4.78 is 5.24. The van der Waals surface area contributed by atoms with Crippen LogP contribution in [0, 0.1) is 11.3 Å². The van der Waals surface area contributed by atoms with Gasteiger partial charge in [0.25, 0.3) is 0 Å². The first-order valence-electron chi connectivity index (χ1n) is 7.51. The molecule has 0 saturated carbocycles. The molecule has 0 radical (unpaired) electrons. The van der Waals surface area contributed by atoms with E-state index < -0.39 is 0 Å². The summed E-state index contributed by atoms with van der Waals surface area (Å²) in [6.45, 7) is 1.41. The zero-order valence-corrected chi connectivity index (χ0v) is 13.9. The summed E-state index contributed by atoms with van der Waals surface area (Å²) in [4.78, 5) is 23.2. The second-order valence-electron chi connectivity index (χ2n) is 5.19. The van der Waals surface area contributed by atoms with Crippen molar-refractivity contribution in [3.8, 4) is 11.8 Å². The van der Waals surface area contributed by atoms with Crippen LogP contribution in [0.3, 0.4) is 0 Å². The molecule has 128 valence electrons. The van der Waals surface area contributed by atoms with E-state index >= 15 is 0 Å². The molecular weight excluding hydrogens is 320 g/mol. The number of anilines is 3. The molecule has 7 heteroatoms. The number of amides is 2. The molecule has 0 bridgehead atoms. The molecular formula is C18H18N4O3. The first-order chi connectivity index (χ1) is 12.0. The fraction of sp³-hybridized carbons (Fsp3) is 0.167. The number of benzene rings is 2. The minimum Gasteiger partial charge on any atom is -0.495 e. The molecule has 0 aliphatic rings. The number of rotatable bonds is 6. The van der Waals surface area contributed by atoms with Crippen molar-refractivity contribution in [1.29, 1.82) is 5.26 Å². The molecule has 25 heavy (non-hydrogen) atoms. The van der Waals surface area contributed by atoms with E-state index in [0.29, 0.717) is 28.4 Å². The van der Waals surface area contributed by atoms with Gasteiger partial charge in [0.05, 0.1) is 31.0 Å². The van der Waals surface area contributed by atoms with Crippen LogP contribution < -0.4 is 20.7 Å². The number of hydrogen-bond acceptors (Lipinski definition) is 5. The van der Waals surface area contributed by atoms with Gasteiger partial charge in [-0.25, -0.2) is 0 Å². The highest BCUT2D eigenvalue weighted by Crippen LogP contribution is 2.27. The first-order valence-corrected chi connectivity index (χ1v) is 7.51. The number of hydrogen-bond donors (Lipinski definition) is 3. The maximum absolute atomic E-state index is 12.1. The Labute approximate surface area is 145 Å². The van der Waals surface area contributed by atoms with Crippen LogP contribution in [0.25, 0.3) is 0 Å².